The lowest BCUT2D eigenvalue weighted by Gasteiger charge is -2.26. The second-order valence-corrected chi connectivity index (χ2v) is 4.03. The summed E-state index contributed by atoms with van der Waals surface area (Å²) in [5.41, 5.74) is 0.682. The monoisotopic (exact) mass is 227 g/mol. The Balaban J connectivity index is 4.59. The molecule has 0 radical (unpaired) electrons. The molecule has 92 valence electrons. The lowest BCUT2D eigenvalue weighted by Crippen LogP contribution is -2.38. The zero-order valence-corrected chi connectivity index (χ0v) is 10.5. The topological polar surface area (TPSA) is 57.6 Å². The Hall–Kier alpha value is -1.32. The van der Waals surface area contributed by atoms with E-state index in [9.17, 15) is 9.59 Å². The molecule has 0 atom stereocenters. The molecule has 16 heavy (non-hydrogen) atoms. The van der Waals surface area contributed by atoms with Gasteiger partial charge >= 0.3 is 5.97 Å². The van der Waals surface area contributed by atoms with Crippen molar-refractivity contribution in [3.63, 3.8) is 0 Å². The largest absolute Gasteiger partial charge is 0.481 e. The summed E-state index contributed by atoms with van der Waals surface area (Å²) in [6.07, 6.45) is 2.66. The first-order chi connectivity index (χ1) is 7.40. The van der Waals surface area contributed by atoms with Crippen LogP contribution in [-0.4, -0.2) is 34.5 Å². The lowest BCUT2D eigenvalue weighted by molar-refractivity contribution is -0.138. The fourth-order valence-electron chi connectivity index (χ4n) is 1.43. The molecule has 0 aromatic carbocycles. The number of rotatable bonds is 6. The van der Waals surface area contributed by atoms with E-state index in [0.29, 0.717) is 5.57 Å². The van der Waals surface area contributed by atoms with Gasteiger partial charge in [0.05, 0.1) is 6.42 Å². The van der Waals surface area contributed by atoms with Crippen molar-refractivity contribution in [3.05, 3.63) is 11.6 Å². The number of hydrogen-bond donors (Lipinski definition) is 1. The molecule has 0 aliphatic rings. The van der Waals surface area contributed by atoms with Gasteiger partial charge in [0.2, 0.25) is 5.91 Å². The number of hydrogen-bond acceptors (Lipinski definition) is 2. The van der Waals surface area contributed by atoms with Gasteiger partial charge in [-0.3, -0.25) is 9.59 Å². The molecule has 0 aliphatic heterocycles. The van der Waals surface area contributed by atoms with Crippen LogP contribution in [0.15, 0.2) is 11.6 Å². The van der Waals surface area contributed by atoms with Crippen molar-refractivity contribution in [2.75, 3.05) is 6.54 Å². The predicted octanol–water partition coefficient (Wildman–Crippen LogP) is 2.05. The van der Waals surface area contributed by atoms with Crippen molar-refractivity contribution in [1.29, 1.82) is 0 Å². The van der Waals surface area contributed by atoms with E-state index in [4.69, 9.17) is 5.11 Å². The first-order valence-corrected chi connectivity index (χ1v) is 5.59. The van der Waals surface area contributed by atoms with E-state index in [0.717, 1.165) is 6.42 Å². The SMILES string of the molecule is CC/C=C(\C)C(=O)N(CCC(=O)O)C(C)C. The van der Waals surface area contributed by atoms with Gasteiger partial charge in [0.15, 0.2) is 0 Å². The van der Waals surface area contributed by atoms with Crippen molar-refractivity contribution in [2.24, 2.45) is 0 Å². The van der Waals surface area contributed by atoms with Crippen molar-refractivity contribution in [1.82, 2.24) is 4.90 Å². The summed E-state index contributed by atoms with van der Waals surface area (Å²) in [4.78, 5) is 24.0. The fraction of sp³-hybridized carbons (Fsp3) is 0.667. The van der Waals surface area contributed by atoms with Gasteiger partial charge in [0, 0.05) is 18.2 Å². The average Bonchev–Trinajstić information content (AvgIpc) is 2.17. The average molecular weight is 227 g/mol. The summed E-state index contributed by atoms with van der Waals surface area (Å²) in [7, 11) is 0. The highest BCUT2D eigenvalue weighted by atomic mass is 16.4. The van der Waals surface area contributed by atoms with Crippen LogP contribution in [0.3, 0.4) is 0 Å². The molecule has 0 rings (SSSR count). The molecule has 0 heterocycles. The molecule has 4 nitrogen and oxygen atoms in total. The molecule has 0 saturated carbocycles. The van der Waals surface area contributed by atoms with E-state index in [2.05, 4.69) is 0 Å². The zero-order valence-electron chi connectivity index (χ0n) is 10.5. The minimum atomic E-state index is -0.879. The Morgan fingerprint density at radius 2 is 1.94 bits per heavy atom. The Labute approximate surface area is 96.9 Å². The lowest BCUT2D eigenvalue weighted by atomic mass is 10.2. The van der Waals surface area contributed by atoms with Crippen molar-refractivity contribution in [2.45, 2.75) is 46.6 Å². The second-order valence-electron chi connectivity index (χ2n) is 4.03. The highest BCUT2D eigenvalue weighted by molar-refractivity contribution is 5.93. The van der Waals surface area contributed by atoms with Crippen LogP contribution < -0.4 is 0 Å². The molecule has 0 bridgehead atoms. The molecule has 1 N–H and O–H groups in total. The summed E-state index contributed by atoms with van der Waals surface area (Å²) >= 11 is 0. The maximum Gasteiger partial charge on any atom is 0.305 e. The number of allylic oxidation sites excluding steroid dienone is 1. The standard InChI is InChI=1S/C12H21NO3/c1-5-6-10(4)12(16)13(9(2)3)8-7-11(14)15/h6,9H,5,7-8H2,1-4H3,(H,14,15)/b10-6+. The van der Waals surface area contributed by atoms with Gasteiger partial charge in [-0.2, -0.15) is 0 Å². The van der Waals surface area contributed by atoms with Crippen LogP contribution >= 0.6 is 0 Å². The van der Waals surface area contributed by atoms with E-state index in [-0.39, 0.29) is 24.9 Å². The van der Waals surface area contributed by atoms with Gasteiger partial charge in [-0.15, -0.1) is 0 Å². The molecule has 1 amide bonds. The van der Waals surface area contributed by atoms with Crippen molar-refractivity contribution < 1.29 is 14.7 Å². The molecule has 0 aromatic rings. The Morgan fingerprint density at radius 3 is 2.31 bits per heavy atom. The highest BCUT2D eigenvalue weighted by Crippen LogP contribution is 2.08. The van der Waals surface area contributed by atoms with Gasteiger partial charge in [-0.1, -0.05) is 13.0 Å². The highest BCUT2D eigenvalue weighted by Gasteiger charge is 2.18. The number of carboxylic acid groups (broad SMARTS) is 1. The van der Waals surface area contributed by atoms with Gasteiger partial charge in [0.25, 0.3) is 0 Å². The minimum absolute atomic E-state index is 0.0106. The molecule has 0 fully saturated rings. The smallest absolute Gasteiger partial charge is 0.305 e. The van der Waals surface area contributed by atoms with Crippen LogP contribution in [0.25, 0.3) is 0 Å². The molecule has 0 aliphatic carbocycles. The van der Waals surface area contributed by atoms with Crippen LogP contribution in [0, 0.1) is 0 Å². The van der Waals surface area contributed by atoms with Crippen LogP contribution in [-0.2, 0) is 9.59 Å². The normalized spacial score (nSPS) is 11.7. The number of carbonyl (C=O) groups is 2. The van der Waals surface area contributed by atoms with Crippen LogP contribution in [0.4, 0.5) is 0 Å². The summed E-state index contributed by atoms with van der Waals surface area (Å²) in [6, 6.07) is 0.0204. The Kier molecular flexibility index (Phi) is 6.46. The summed E-state index contributed by atoms with van der Waals surface area (Å²) < 4.78 is 0. The molecule has 0 unspecified atom stereocenters. The number of aliphatic carboxylic acids is 1. The van der Waals surface area contributed by atoms with Gasteiger partial charge in [-0.05, 0) is 27.2 Å². The third-order valence-corrected chi connectivity index (χ3v) is 2.30. The van der Waals surface area contributed by atoms with Gasteiger partial charge < -0.3 is 10.0 Å². The Bertz CT molecular complexity index is 282. The van der Waals surface area contributed by atoms with Crippen LogP contribution in [0.2, 0.25) is 0 Å². The molecular weight excluding hydrogens is 206 g/mol. The van der Waals surface area contributed by atoms with Crippen molar-refractivity contribution in [3.8, 4) is 0 Å². The van der Waals surface area contributed by atoms with Gasteiger partial charge in [0.1, 0.15) is 0 Å². The third-order valence-electron chi connectivity index (χ3n) is 2.30. The molecule has 0 aromatic heterocycles. The molecule has 0 saturated heterocycles. The Morgan fingerprint density at radius 1 is 1.38 bits per heavy atom. The molecular formula is C12H21NO3. The van der Waals surface area contributed by atoms with E-state index in [1.165, 1.54) is 0 Å². The van der Waals surface area contributed by atoms with E-state index >= 15 is 0 Å². The first kappa shape index (κ1) is 14.7. The maximum atomic E-state index is 12.0. The number of carbonyl (C=O) groups excluding carboxylic acids is 1. The summed E-state index contributed by atoms with van der Waals surface area (Å²) in [6.45, 7) is 7.77. The second kappa shape index (κ2) is 7.04. The number of carboxylic acids is 1. The van der Waals surface area contributed by atoms with E-state index in [1.807, 2.05) is 26.8 Å². The fourth-order valence-corrected chi connectivity index (χ4v) is 1.43. The summed E-state index contributed by atoms with van der Waals surface area (Å²) in [5.74, 6) is -0.950. The minimum Gasteiger partial charge on any atom is -0.481 e. The van der Waals surface area contributed by atoms with Crippen molar-refractivity contribution >= 4 is 11.9 Å². The van der Waals surface area contributed by atoms with E-state index < -0.39 is 5.97 Å². The number of nitrogens with zero attached hydrogens (tertiary/aromatic N) is 1. The third kappa shape index (κ3) is 4.96. The van der Waals surface area contributed by atoms with Gasteiger partial charge in [-0.25, -0.2) is 0 Å². The quantitative estimate of drug-likeness (QED) is 0.706. The molecule has 4 heteroatoms. The predicted molar refractivity (Wildman–Crippen MR) is 63.1 cm³/mol. The molecule has 0 spiro atoms. The maximum absolute atomic E-state index is 12.0. The van der Waals surface area contributed by atoms with Crippen LogP contribution in [0.5, 0.6) is 0 Å². The number of amides is 1. The first-order valence-electron chi connectivity index (χ1n) is 5.59. The van der Waals surface area contributed by atoms with E-state index in [1.54, 1.807) is 11.8 Å². The zero-order chi connectivity index (χ0) is 12.7. The van der Waals surface area contributed by atoms with Crippen LogP contribution in [0.1, 0.15) is 40.5 Å². The summed E-state index contributed by atoms with van der Waals surface area (Å²) in [5, 5.41) is 8.62.